The van der Waals surface area contributed by atoms with E-state index in [1.54, 1.807) is 0 Å². The molecule has 0 saturated carbocycles. The lowest BCUT2D eigenvalue weighted by molar-refractivity contribution is 0.318. The van der Waals surface area contributed by atoms with E-state index in [9.17, 15) is 0 Å². The second kappa shape index (κ2) is 6.23. The van der Waals surface area contributed by atoms with Gasteiger partial charge in [-0.2, -0.15) is 5.26 Å². The summed E-state index contributed by atoms with van der Waals surface area (Å²) >= 11 is 0. The van der Waals surface area contributed by atoms with Gasteiger partial charge < -0.3 is 5.73 Å². The lowest BCUT2D eigenvalue weighted by Gasteiger charge is -2.19. The topological polar surface area (TPSA) is 53.0 Å². The quantitative estimate of drug-likeness (QED) is 0.864. The Kier molecular flexibility index (Phi) is 4.39. The molecule has 0 heterocycles. The van der Waals surface area contributed by atoms with Gasteiger partial charge in [0.2, 0.25) is 0 Å². The Hall–Kier alpha value is -2.31. The summed E-state index contributed by atoms with van der Waals surface area (Å²) in [5.74, 6) is 0. The maximum Gasteiger partial charge on any atom is 0.0991 e. The summed E-state index contributed by atoms with van der Waals surface area (Å²) in [5.41, 5.74) is 11.0. The molecular weight excluding hydrogens is 246 g/mol. The highest BCUT2D eigenvalue weighted by molar-refractivity contribution is 5.49. The van der Waals surface area contributed by atoms with Crippen molar-refractivity contribution in [3.05, 3.63) is 64.7 Å². The molecule has 0 saturated heterocycles. The van der Waals surface area contributed by atoms with Gasteiger partial charge in [-0.15, -0.1) is 0 Å². The third-order valence-corrected chi connectivity index (χ3v) is 3.44. The van der Waals surface area contributed by atoms with Crippen LogP contribution in [0.5, 0.6) is 0 Å². The molecule has 0 radical (unpaired) electrons. The van der Waals surface area contributed by atoms with Gasteiger partial charge in [0.05, 0.1) is 11.6 Å². The number of benzene rings is 2. The molecule has 0 bridgehead atoms. The maximum absolute atomic E-state index is 8.92. The second-order valence-electron chi connectivity index (χ2n) is 5.12. The Labute approximate surface area is 120 Å². The van der Waals surface area contributed by atoms with E-state index in [0.29, 0.717) is 5.56 Å². The molecule has 20 heavy (non-hydrogen) atoms. The van der Waals surface area contributed by atoms with Crippen molar-refractivity contribution < 1.29 is 0 Å². The molecule has 2 rings (SSSR count). The van der Waals surface area contributed by atoms with Crippen LogP contribution in [-0.4, -0.2) is 11.9 Å². The van der Waals surface area contributed by atoms with Crippen molar-refractivity contribution in [2.45, 2.75) is 20.0 Å². The molecule has 102 valence electrons. The first-order chi connectivity index (χ1) is 9.60. The number of nitriles is 1. The van der Waals surface area contributed by atoms with Crippen LogP contribution in [0.1, 0.15) is 22.3 Å². The normalized spacial score (nSPS) is 10.5. The Bertz CT molecular complexity index is 641. The zero-order valence-corrected chi connectivity index (χ0v) is 11.9. The van der Waals surface area contributed by atoms with Crippen molar-refractivity contribution in [3.63, 3.8) is 0 Å². The van der Waals surface area contributed by atoms with E-state index in [1.807, 2.05) is 36.4 Å². The third kappa shape index (κ3) is 3.37. The van der Waals surface area contributed by atoms with Crippen LogP contribution in [0.15, 0.2) is 42.5 Å². The molecule has 2 N–H and O–H groups in total. The monoisotopic (exact) mass is 265 g/mol. The summed E-state index contributed by atoms with van der Waals surface area (Å²) in [4.78, 5) is 2.22. The number of hydrogen-bond donors (Lipinski definition) is 1. The largest absolute Gasteiger partial charge is 0.399 e. The highest BCUT2D eigenvalue weighted by Crippen LogP contribution is 2.18. The fraction of sp³-hybridized carbons (Fsp3) is 0.235. The summed E-state index contributed by atoms with van der Waals surface area (Å²) in [6, 6.07) is 15.9. The smallest absolute Gasteiger partial charge is 0.0991 e. The fourth-order valence-corrected chi connectivity index (χ4v) is 2.27. The van der Waals surface area contributed by atoms with Crippen LogP contribution in [0, 0.1) is 18.3 Å². The van der Waals surface area contributed by atoms with Gasteiger partial charge in [0.1, 0.15) is 0 Å². The number of nitrogens with zero attached hydrogens (tertiary/aromatic N) is 2. The van der Waals surface area contributed by atoms with E-state index >= 15 is 0 Å². The molecule has 0 aliphatic carbocycles. The van der Waals surface area contributed by atoms with Gasteiger partial charge in [-0.3, -0.25) is 4.90 Å². The van der Waals surface area contributed by atoms with Crippen LogP contribution < -0.4 is 5.73 Å². The molecule has 0 aliphatic heterocycles. The lowest BCUT2D eigenvalue weighted by Crippen LogP contribution is -2.18. The molecule has 3 heteroatoms. The summed E-state index contributed by atoms with van der Waals surface area (Å²) in [6.07, 6.45) is 0. The van der Waals surface area contributed by atoms with Gasteiger partial charge in [-0.05, 0) is 48.9 Å². The average Bonchev–Trinajstić information content (AvgIpc) is 2.44. The van der Waals surface area contributed by atoms with Crippen LogP contribution in [0.25, 0.3) is 0 Å². The Morgan fingerprint density at radius 2 is 1.90 bits per heavy atom. The molecule has 0 aliphatic rings. The van der Waals surface area contributed by atoms with Gasteiger partial charge in [0, 0.05) is 18.8 Å². The van der Waals surface area contributed by atoms with Crippen LogP contribution >= 0.6 is 0 Å². The molecule has 0 amide bonds. The number of rotatable bonds is 4. The zero-order chi connectivity index (χ0) is 14.5. The predicted molar refractivity (Wildman–Crippen MR) is 81.9 cm³/mol. The minimum Gasteiger partial charge on any atom is -0.399 e. The minimum atomic E-state index is 0.705. The molecule has 0 fully saturated rings. The SMILES string of the molecule is Cc1c(N)cccc1CN(C)Cc1cccc(C#N)c1. The summed E-state index contributed by atoms with van der Waals surface area (Å²) in [7, 11) is 2.07. The molecule has 3 nitrogen and oxygen atoms in total. The van der Waals surface area contributed by atoms with E-state index in [1.165, 1.54) is 5.56 Å². The van der Waals surface area contributed by atoms with E-state index in [2.05, 4.69) is 31.0 Å². The second-order valence-corrected chi connectivity index (χ2v) is 5.12. The number of nitrogen functional groups attached to an aromatic ring is 1. The Balaban J connectivity index is 2.07. The Morgan fingerprint density at radius 1 is 1.15 bits per heavy atom. The first-order valence-corrected chi connectivity index (χ1v) is 6.61. The fourth-order valence-electron chi connectivity index (χ4n) is 2.27. The first kappa shape index (κ1) is 14.1. The summed E-state index contributed by atoms with van der Waals surface area (Å²) in [6.45, 7) is 3.70. The van der Waals surface area contributed by atoms with Crippen molar-refractivity contribution in [2.75, 3.05) is 12.8 Å². The third-order valence-electron chi connectivity index (χ3n) is 3.44. The standard InChI is InChI=1S/C17H19N3/c1-13-16(7-4-8-17(13)19)12-20(2)11-15-6-3-5-14(9-15)10-18/h3-9H,11-12,19H2,1-2H3. The van der Waals surface area contributed by atoms with Gasteiger partial charge >= 0.3 is 0 Å². The van der Waals surface area contributed by atoms with E-state index in [0.717, 1.165) is 29.9 Å². The van der Waals surface area contributed by atoms with E-state index in [4.69, 9.17) is 11.0 Å². The molecule has 2 aromatic carbocycles. The molecule has 0 aromatic heterocycles. The summed E-state index contributed by atoms with van der Waals surface area (Å²) in [5, 5.41) is 8.92. The van der Waals surface area contributed by atoms with Gasteiger partial charge in [-0.25, -0.2) is 0 Å². The predicted octanol–water partition coefficient (Wildman–Crippen LogP) is 3.08. The first-order valence-electron chi connectivity index (χ1n) is 6.61. The Morgan fingerprint density at radius 3 is 2.65 bits per heavy atom. The molecule has 0 spiro atoms. The number of nitrogens with two attached hydrogens (primary N) is 1. The average molecular weight is 265 g/mol. The van der Waals surface area contributed by atoms with Crippen LogP contribution in [0.2, 0.25) is 0 Å². The van der Waals surface area contributed by atoms with Crippen molar-refractivity contribution in [2.24, 2.45) is 0 Å². The number of anilines is 1. The molecular formula is C17H19N3. The van der Waals surface area contributed by atoms with Crippen molar-refractivity contribution >= 4 is 5.69 Å². The maximum atomic E-state index is 8.92. The molecule has 2 aromatic rings. The van der Waals surface area contributed by atoms with Crippen molar-refractivity contribution in [1.29, 1.82) is 5.26 Å². The van der Waals surface area contributed by atoms with Gasteiger partial charge in [-0.1, -0.05) is 24.3 Å². The van der Waals surface area contributed by atoms with E-state index in [-0.39, 0.29) is 0 Å². The van der Waals surface area contributed by atoms with Gasteiger partial charge in [0.25, 0.3) is 0 Å². The van der Waals surface area contributed by atoms with Crippen LogP contribution in [-0.2, 0) is 13.1 Å². The summed E-state index contributed by atoms with van der Waals surface area (Å²) < 4.78 is 0. The molecule has 0 atom stereocenters. The van der Waals surface area contributed by atoms with Crippen LogP contribution in [0.3, 0.4) is 0 Å². The minimum absolute atomic E-state index is 0.705. The van der Waals surface area contributed by atoms with Crippen LogP contribution in [0.4, 0.5) is 5.69 Å². The van der Waals surface area contributed by atoms with Crippen molar-refractivity contribution in [1.82, 2.24) is 4.90 Å². The van der Waals surface area contributed by atoms with E-state index < -0.39 is 0 Å². The van der Waals surface area contributed by atoms with Gasteiger partial charge in [0.15, 0.2) is 0 Å². The highest BCUT2D eigenvalue weighted by atomic mass is 15.1. The van der Waals surface area contributed by atoms with Crippen molar-refractivity contribution in [3.8, 4) is 6.07 Å². The highest BCUT2D eigenvalue weighted by Gasteiger charge is 2.06. The zero-order valence-electron chi connectivity index (χ0n) is 11.9. The number of hydrogen-bond acceptors (Lipinski definition) is 3. The lowest BCUT2D eigenvalue weighted by atomic mass is 10.1. The molecule has 0 unspecified atom stereocenters.